The number of sulfonamides is 1. The van der Waals surface area contributed by atoms with E-state index in [1.807, 2.05) is 0 Å². The first-order valence-corrected chi connectivity index (χ1v) is 8.50. The van der Waals surface area contributed by atoms with Crippen LogP contribution in [0.3, 0.4) is 0 Å². The molecule has 1 amide bonds. The summed E-state index contributed by atoms with van der Waals surface area (Å²) in [6.45, 7) is 3.68. The molecule has 1 heterocycles. The van der Waals surface area contributed by atoms with Gasteiger partial charge >= 0.3 is 0 Å². The largest absolute Gasteiger partial charge is 0.339 e. The van der Waals surface area contributed by atoms with Gasteiger partial charge in [0.25, 0.3) is 5.91 Å². The average Bonchev–Trinajstić information content (AvgIpc) is 2.45. The highest BCUT2D eigenvalue weighted by Crippen LogP contribution is 2.20. The maximum absolute atomic E-state index is 12.4. The highest BCUT2D eigenvalue weighted by molar-refractivity contribution is 7.89. The van der Waals surface area contributed by atoms with E-state index in [4.69, 9.17) is 10.9 Å². The third-order valence-corrected chi connectivity index (χ3v) is 5.03. The van der Waals surface area contributed by atoms with Crippen LogP contribution in [0.1, 0.15) is 28.8 Å². The van der Waals surface area contributed by atoms with Gasteiger partial charge in [0.15, 0.2) is 0 Å². The Kier molecular flexibility index (Phi) is 4.65. The number of hydrogen-bond acceptors (Lipinski definition) is 4. The van der Waals surface area contributed by atoms with Crippen molar-refractivity contribution in [2.24, 2.45) is 16.8 Å². The van der Waals surface area contributed by atoms with E-state index in [0.29, 0.717) is 36.7 Å². The molecular weight excluding hydrogens is 290 g/mol. The molecule has 0 radical (unpaired) electrons. The number of nitrogens with zero attached hydrogens (tertiary/aromatic N) is 1. The highest BCUT2D eigenvalue weighted by atomic mass is 32.2. The van der Waals surface area contributed by atoms with Crippen molar-refractivity contribution in [3.63, 3.8) is 0 Å². The lowest BCUT2D eigenvalue weighted by Gasteiger charge is -2.31. The van der Waals surface area contributed by atoms with Crippen molar-refractivity contribution >= 4 is 15.9 Å². The molecule has 2 rings (SSSR count). The van der Waals surface area contributed by atoms with Crippen LogP contribution in [0.15, 0.2) is 23.1 Å². The zero-order valence-corrected chi connectivity index (χ0v) is 12.9. The molecule has 0 aromatic heterocycles. The molecular formula is C14H21N3O3S. The van der Waals surface area contributed by atoms with E-state index in [2.05, 4.69) is 0 Å². The molecule has 1 saturated heterocycles. The number of primary sulfonamides is 1. The molecule has 0 bridgehead atoms. The molecule has 1 aliphatic heterocycles. The molecule has 0 spiro atoms. The Labute approximate surface area is 125 Å². The Hall–Kier alpha value is -1.44. The molecule has 0 aliphatic carbocycles. The van der Waals surface area contributed by atoms with Gasteiger partial charge in [-0.05, 0) is 56.0 Å². The van der Waals surface area contributed by atoms with E-state index in [0.717, 1.165) is 12.8 Å². The highest BCUT2D eigenvalue weighted by Gasteiger charge is 2.23. The third kappa shape index (κ3) is 3.61. The fourth-order valence-electron chi connectivity index (χ4n) is 2.66. The van der Waals surface area contributed by atoms with Crippen LogP contribution in [-0.2, 0) is 10.0 Å². The first-order chi connectivity index (χ1) is 9.82. The Morgan fingerprint density at radius 1 is 1.33 bits per heavy atom. The quantitative estimate of drug-likeness (QED) is 0.845. The molecule has 0 saturated carbocycles. The summed E-state index contributed by atoms with van der Waals surface area (Å²) in [5.74, 6) is 0.412. The molecule has 21 heavy (non-hydrogen) atoms. The smallest absolute Gasteiger partial charge is 0.253 e. The van der Waals surface area contributed by atoms with Crippen molar-refractivity contribution < 1.29 is 13.2 Å². The summed E-state index contributed by atoms with van der Waals surface area (Å²) >= 11 is 0. The van der Waals surface area contributed by atoms with Crippen LogP contribution in [-0.4, -0.2) is 38.9 Å². The van der Waals surface area contributed by atoms with Crippen LogP contribution in [0.2, 0.25) is 0 Å². The van der Waals surface area contributed by atoms with Crippen LogP contribution in [0.5, 0.6) is 0 Å². The fourth-order valence-corrected chi connectivity index (χ4v) is 3.42. The molecule has 1 aromatic carbocycles. The molecule has 1 aromatic rings. The first kappa shape index (κ1) is 15.9. The minimum Gasteiger partial charge on any atom is -0.339 e. The number of nitrogens with two attached hydrogens (primary N) is 2. The van der Waals surface area contributed by atoms with Gasteiger partial charge in [0, 0.05) is 18.7 Å². The first-order valence-electron chi connectivity index (χ1n) is 6.95. The van der Waals surface area contributed by atoms with Crippen LogP contribution in [0.25, 0.3) is 0 Å². The molecule has 6 nitrogen and oxygen atoms in total. The van der Waals surface area contributed by atoms with Crippen molar-refractivity contribution in [3.8, 4) is 0 Å². The number of rotatable bonds is 3. The van der Waals surface area contributed by atoms with Gasteiger partial charge in [0.05, 0.1) is 4.90 Å². The second-order valence-corrected chi connectivity index (χ2v) is 7.03. The second-order valence-electron chi connectivity index (χ2n) is 5.50. The summed E-state index contributed by atoms with van der Waals surface area (Å²) in [5.41, 5.74) is 6.62. The van der Waals surface area contributed by atoms with E-state index in [1.165, 1.54) is 12.1 Å². The van der Waals surface area contributed by atoms with Gasteiger partial charge in [0.1, 0.15) is 0 Å². The summed E-state index contributed by atoms with van der Waals surface area (Å²) in [5, 5.41) is 5.12. The van der Waals surface area contributed by atoms with Crippen molar-refractivity contribution in [1.82, 2.24) is 4.90 Å². The molecule has 4 N–H and O–H groups in total. The van der Waals surface area contributed by atoms with E-state index in [9.17, 15) is 13.2 Å². The number of aryl methyl sites for hydroxylation is 1. The Morgan fingerprint density at radius 3 is 2.43 bits per heavy atom. The topological polar surface area (TPSA) is 106 Å². The fraction of sp³-hybridized carbons (Fsp3) is 0.500. The van der Waals surface area contributed by atoms with E-state index < -0.39 is 10.0 Å². The number of likely N-dealkylation sites (tertiary alicyclic amines) is 1. The van der Waals surface area contributed by atoms with Crippen molar-refractivity contribution in [1.29, 1.82) is 0 Å². The van der Waals surface area contributed by atoms with Crippen LogP contribution in [0, 0.1) is 12.8 Å². The molecule has 116 valence electrons. The van der Waals surface area contributed by atoms with Gasteiger partial charge in [0.2, 0.25) is 10.0 Å². The van der Waals surface area contributed by atoms with Crippen molar-refractivity contribution in [2.45, 2.75) is 24.7 Å². The zero-order chi connectivity index (χ0) is 15.6. The van der Waals surface area contributed by atoms with Gasteiger partial charge in [-0.2, -0.15) is 0 Å². The predicted octanol–water partition coefficient (Wildman–Crippen LogP) is 0.453. The summed E-state index contributed by atoms with van der Waals surface area (Å²) in [6.07, 6.45) is 1.83. The van der Waals surface area contributed by atoms with Gasteiger partial charge < -0.3 is 10.6 Å². The van der Waals surface area contributed by atoms with Crippen LogP contribution >= 0.6 is 0 Å². The zero-order valence-electron chi connectivity index (χ0n) is 12.1. The van der Waals surface area contributed by atoms with Crippen molar-refractivity contribution in [3.05, 3.63) is 29.3 Å². The molecule has 0 unspecified atom stereocenters. The van der Waals surface area contributed by atoms with Crippen LogP contribution < -0.4 is 10.9 Å². The van der Waals surface area contributed by atoms with Gasteiger partial charge in [-0.25, -0.2) is 13.6 Å². The lowest BCUT2D eigenvalue weighted by molar-refractivity contribution is 0.0693. The lowest BCUT2D eigenvalue weighted by atomic mass is 9.96. The normalized spacial score (nSPS) is 17.0. The average molecular weight is 311 g/mol. The lowest BCUT2D eigenvalue weighted by Crippen LogP contribution is -2.40. The van der Waals surface area contributed by atoms with Crippen molar-refractivity contribution in [2.75, 3.05) is 19.6 Å². The van der Waals surface area contributed by atoms with E-state index in [-0.39, 0.29) is 10.8 Å². The molecule has 7 heteroatoms. The monoisotopic (exact) mass is 311 g/mol. The number of hydrogen-bond donors (Lipinski definition) is 2. The molecule has 0 atom stereocenters. The van der Waals surface area contributed by atoms with Gasteiger partial charge in [-0.1, -0.05) is 0 Å². The minimum absolute atomic E-state index is 0.0564. The maximum Gasteiger partial charge on any atom is 0.253 e. The third-order valence-electron chi connectivity index (χ3n) is 3.96. The van der Waals surface area contributed by atoms with Crippen LogP contribution in [0.4, 0.5) is 0 Å². The summed E-state index contributed by atoms with van der Waals surface area (Å²) < 4.78 is 22.8. The molecule has 1 fully saturated rings. The summed E-state index contributed by atoms with van der Waals surface area (Å²) in [4.78, 5) is 14.3. The Bertz CT molecular complexity index is 635. The van der Waals surface area contributed by atoms with Gasteiger partial charge in [-0.3, -0.25) is 4.79 Å². The predicted molar refractivity (Wildman–Crippen MR) is 80.2 cm³/mol. The number of amides is 1. The number of carbonyl (C=O) groups excluding carboxylic acids is 1. The minimum atomic E-state index is -3.75. The Morgan fingerprint density at radius 2 is 1.95 bits per heavy atom. The standard InChI is InChI=1S/C14H21N3O3S/c1-10-8-12(2-3-13(10)21(16,19)20)14(18)17-6-4-11(9-15)5-7-17/h2-3,8,11H,4-7,9,15H2,1H3,(H2,16,19,20). The molecule has 1 aliphatic rings. The number of piperidine rings is 1. The van der Waals surface area contributed by atoms with E-state index in [1.54, 1.807) is 17.9 Å². The van der Waals surface area contributed by atoms with Gasteiger partial charge in [-0.15, -0.1) is 0 Å². The SMILES string of the molecule is Cc1cc(C(=O)N2CCC(CN)CC2)ccc1S(N)(=O)=O. The summed E-state index contributed by atoms with van der Waals surface area (Å²) in [6, 6.07) is 4.49. The summed E-state index contributed by atoms with van der Waals surface area (Å²) in [7, 11) is -3.75. The number of benzene rings is 1. The maximum atomic E-state index is 12.4. The Balaban J connectivity index is 2.16. The van der Waals surface area contributed by atoms with E-state index >= 15 is 0 Å². The second kappa shape index (κ2) is 6.13. The number of carbonyl (C=O) groups is 1.